The lowest BCUT2D eigenvalue weighted by Gasteiger charge is -2.47. The maximum absolute atomic E-state index is 12.5. The summed E-state index contributed by atoms with van der Waals surface area (Å²) in [6.45, 7) is 3.95. The standard InChI is InChI=1S/C16H24N4O4/c1-2-6-20-12-5-7-18(8-11(12)3-4-14(20)22)15(23)10-19-9-13(21)17-16(19)24/h11-12H,2-10H2,1H3,(H,17,21,24)/t11-,12+/m0/s1. The molecule has 0 saturated carbocycles. The molecule has 8 heteroatoms. The van der Waals surface area contributed by atoms with Crippen LogP contribution in [0, 0.1) is 5.92 Å². The summed E-state index contributed by atoms with van der Waals surface area (Å²) in [6, 6.07) is -0.271. The number of imide groups is 1. The van der Waals surface area contributed by atoms with Crippen LogP contribution in [0.3, 0.4) is 0 Å². The van der Waals surface area contributed by atoms with Crippen LogP contribution in [0.4, 0.5) is 4.79 Å². The maximum atomic E-state index is 12.5. The number of hydrogen-bond donors (Lipinski definition) is 1. The zero-order chi connectivity index (χ0) is 17.3. The van der Waals surface area contributed by atoms with E-state index in [1.165, 1.54) is 4.90 Å². The second kappa shape index (κ2) is 6.78. The van der Waals surface area contributed by atoms with Crippen molar-refractivity contribution >= 4 is 23.8 Å². The number of urea groups is 1. The largest absolute Gasteiger partial charge is 0.341 e. The quantitative estimate of drug-likeness (QED) is 0.719. The lowest BCUT2D eigenvalue weighted by atomic mass is 9.83. The molecule has 5 amide bonds. The van der Waals surface area contributed by atoms with Gasteiger partial charge in [0.15, 0.2) is 0 Å². The molecule has 0 aromatic heterocycles. The molecule has 0 unspecified atom stereocenters. The molecular formula is C16H24N4O4. The van der Waals surface area contributed by atoms with Gasteiger partial charge >= 0.3 is 6.03 Å². The van der Waals surface area contributed by atoms with Gasteiger partial charge in [0.25, 0.3) is 0 Å². The number of carbonyl (C=O) groups is 4. The normalized spacial score (nSPS) is 27.4. The molecule has 0 aromatic carbocycles. The zero-order valence-electron chi connectivity index (χ0n) is 14.0. The minimum absolute atomic E-state index is 0.0523. The Kier molecular flexibility index (Phi) is 4.73. The van der Waals surface area contributed by atoms with Gasteiger partial charge in [-0.05, 0) is 25.2 Å². The second-order valence-corrected chi connectivity index (χ2v) is 6.79. The number of amides is 5. The highest BCUT2D eigenvalue weighted by Gasteiger charge is 2.40. The van der Waals surface area contributed by atoms with E-state index in [-0.39, 0.29) is 36.9 Å². The fourth-order valence-electron chi connectivity index (χ4n) is 3.98. The Morgan fingerprint density at radius 3 is 2.71 bits per heavy atom. The number of carbonyl (C=O) groups excluding carboxylic acids is 4. The van der Waals surface area contributed by atoms with Crippen LogP contribution >= 0.6 is 0 Å². The van der Waals surface area contributed by atoms with Crippen molar-refractivity contribution in [3.8, 4) is 0 Å². The molecule has 1 N–H and O–H groups in total. The van der Waals surface area contributed by atoms with Gasteiger partial charge in [0.1, 0.15) is 13.1 Å². The third-order valence-electron chi connectivity index (χ3n) is 5.15. The van der Waals surface area contributed by atoms with Crippen LogP contribution in [0.15, 0.2) is 0 Å². The molecule has 3 heterocycles. The summed E-state index contributed by atoms with van der Waals surface area (Å²) in [6.07, 6.45) is 3.09. The SMILES string of the molecule is CCCN1C(=O)CC[C@H]2CN(C(=O)CN3CC(=O)NC3=O)CC[C@H]21. The van der Waals surface area contributed by atoms with E-state index in [2.05, 4.69) is 12.2 Å². The Bertz CT molecular complexity index is 564. The van der Waals surface area contributed by atoms with Crippen LogP contribution in [0.2, 0.25) is 0 Å². The zero-order valence-corrected chi connectivity index (χ0v) is 14.0. The first-order chi connectivity index (χ1) is 11.5. The fourth-order valence-corrected chi connectivity index (χ4v) is 3.98. The molecule has 0 spiro atoms. The molecule has 8 nitrogen and oxygen atoms in total. The number of likely N-dealkylation sites (tertiary alicyclic amines) is 2. The number of nitrogens with one attached hydrogen (secondary N) is 1. The van der Waals surface area contributed by atoms with E-state index >= 15 is 0 Å². The molecule has 3 saturated heterocycles. The lowest BCUT2D eigenvalue weighted by molar-refractivity contribution is -0.144. The van der Waals surface area contributed by atoms with Gasteiger partial charge in [-0.3, -0.25) is 19.7 Å². The highest BCUT2D eigenvalue weighted by Crippen LogP contribution is 2.31. The van der Waals surface area contributed by atoms with Gasteiger partial charge in [0.2, 0.25) is 17.7 Å². The summed E-state index contributed by atoms with van der Waals surface area (Å²) < 4.78 is 0. The lowest BCUT2D eigenvalue weighted by Crippen LogP contribution is -2.57. The van der Waals surface area contributed by atoms with Crippen molar-refractivity contribution in [3.63, 3.8) is 0 Å². The van der Waals surface area contributed by atoms with E-state index < -0.39 is 6.03 Å². The predicted octanol–water partition coefficient (Wildman–Crippen LogP) is -0.212. The molecule has 3 rings (SSSR count). The summed E-state index contributed by atoms with van der Waals surface area (Å²) in [5.41, 5.74) is 0. The van der Waals surface area contributed by atoms with E-state index in [0.29, 0.717) is 25.4 Å². The monoisotopic (exact) mass is 336 g/mol. The molecule has 3 aliphatic rings. The van der Waals surface area contributed by atoms with Gasteiger partial charge in [-0.15, -0.1) is 0 Å². The Hall–Kier alpha value is -2.12. The number of fused-ring (bicyclic) bond motifs is 1. The fraction of sp³-hybridized carbons (Fsp3) is 0.750. The van der Waals surface area contributed by atoms with Gasteiger partial charge in [-0.25, -0.2) is 4.79 Å². The van der Waals surface area contributed by atoms with Crippen LogP contribution < -0.4 is 5.32 Å². The Labute approximate surface area is 141 Å². The van der Waals surface area contributed by atoms with Crippen LogP contribution in [0.5, 0.6) is 0 Å². The van der Waals surface area contributed by atoms with Gasteiger partial charge < -0.3 is 14.7 Å². The highest BCUT2D eigenvalue weighted by molar-refractivity contribution is 6.03. The number of piperidine rings is 2. The molecule has 0 radical (unpaired) electrons. The first-order valence-electron chi connectivity index (χ1n) is 8.65. The molecule has 3 aliphatic heterocycles. The molecule has 0 aromatic rings. The van der Waals surface area contributed by atoms with E-state index in [0.717, 1.165) is 25.8 Å². The number of nitrogens with zero attached hydrogens (tertiary/aromatic N) is 3. The van der Waals surface area contributed by atoms with Crippen molar-refractivity contribution < 1.29 is 19.2 Å². The smallest absolute Gasteiger partial charge is 0.325 e. The van der Waals surface area contributed by atoms with E-state index in [9.17, 15) is 19.2 Å². The third-order valence-corrected chi connectivity index (χ3v) is 5.15. The van der Waals surface area contributed by atoms with Crippen molar-refractivity contribution in [2.45, 2.75) is 38.6 Å². The molecule has 132 valence electrons. The maximum Gasteiger partial charge on any atom is 0.325 e. The van der Waals surface area contributed by atoms with Crippen molar-refractivity contribution in [3.05, 3.63) is 0 Å². The summed E-state index contributed by atoms with van der Waals surface area (Å²) in [7, 11) is 0. The predicted molar refractivity (Wildman–Crippen MR) is 84.8 cm³/mol. The summed E-state index contributed by atoms with van der Waals surface area (Å²) in [5.74, 6) is 0.0378. The Balaban J connectivity index is 1.58. The highest BCUT2D eigenvalue weighted by atomic mass is 16.2. The first kappa shape index (κ1) is 16.7. The molecule has 3 fully saturated rings. The van der Waals surface area contributed by atoms with Gasteiger partial charge in [-0.1, -0.05) is 6.92 Å². The average molecular weight is 336 g/mol. The van der Waals surface area contributed by atoms with Crippen LogP contribution in [0.1, 0.15) is 32.6 Å². The summed E-state index contributed by atoms with van der Waals surface area (Å²) >= 11 is 0. The van der Waals surface area contributed by atoms with Crippen molar-refractivity contribution in [1.82, 2.24) is 20.0 Å². The van der Waals surface area contributed by atoms with E-state index in [1.807, 2.05) is 4.90 Å². The van der Waals surface area contributed by atoms with Crippen molar-refractivity contribution in [2.75, 3.05) is 32.7 Å². The number of hydrogen-bond acceptors (Lipinski definition) is 4. The van der Waals surface area contributed by atoms with E-state index in [1.54, 1.807) is 4.90 Å². The topological polar surface area (TPSA) is 90.0 Å². The van der Waals surface area contributed by atoms with Crippen LogP contribution in [-0.2, 0) is 14.4 Å². The average Bonchev–Trinajstić information content (AvgIpc) is 2.87. The van der Waals surface area contributed by atoms with Crippen LogP contribution in [-0.4, -0.2) is 77.2 Å². The molecule has 0 bridgehead atoms. The minimum atomic E-state index is -0.499. The summed E-state index contributed by atoms with van der Waals surface area (Å²) in [4.78, 5) is 52.3. The number of rotatable bonds is 4. The first-order valence-corrected chi connectivity index (χ1v) is 8.65. The molecule has 2 atom stereocenters. The van der Waals surface area contributed by atoms with Crippen molar-refractivity contribution in [1.29, 1.82) is 0 Å². The minimum Gasteiger partial charge on any atom is -0.341 e. The van der Waals surface area contributed by atoms with Gasteiger partial charge in [0.05, 0.1) is 0 Å². The van der Waals surface area contributed by atoms with Crippen LogP contribution in [0.25, 0.3) is 0 Å². The Morgan fingerprint density at radius 2 is 2.04 bits per heavy atom. The Morgan fingerprint density at radius 1 is 1.25 bits per heavy atom. The molecule has 0 aliphatic carbocycles. The molecule has 24 heavy (non-hydrogen) atoms. The third kappa shape index (κ3) is 3.22. The second-order valence-electron chi connectivity index (χ2n) is 6.79. The molecular weight excluding hydrogens is 312 g/mol. The summed E-state index contributed by atoms with van der Waals surface area (Å²) in [5, 5.41) is 2.18. The van der Waals surface area contributed by atoms with Gasteiger partial charge in [0, 0.05) is 32.1 Å². The van der Waals surface area contributed by atoms with E-state index in [4.69, 9.17) is 0 Å². The van der Waals surface area contributed by atoms with Crippen molar-refractivity contribution in [2.24, 2.45) is 5.92 Å². The van der Waals surface area contributed by atoms with Gasteiger partial charge in [-0.2, -0.15) is 0 Å².